The fraction of sp³-hybridized carbons (Fsp3) is 0.214. The van der Waals surface area contributed by atoms with Crippen molar-refractivity contribution in [2.75, 3.05) is 0 Å². The zero-order chi connectivity index (χ0) is 15.2. The summed E-state index contributed by atoms with van der Waals surface area (Å²) in [7, 11) is 0. The molecule has 0 saturated carbocycles. The van der Waals surface area contributed by atoms with Crippen LogP contribution < -0.4 is 10.6 Å². The second-order valence-electron chi connectivity index (χ2n) is 4.35. The molecule has 0 aromatic carbocycles. The lowest BCUT2D eigenvalue weighted by Gasteiger charge is -2.05. The van der Waals surface area contributed by atoms with Crippen molar-refractivity contribution >= 4 is 12.0 Å². The van der Waals surface area contributed by atoms with Gasteiger partial charge in [0.15, 0.2) is 0 Å². The van der Waals surface area contributed by atoms with E-state index in [4.69, 9.17) is 9.52 Å². The van der Waals surface area contributed by atoms with Crippen molar-refractivity contribution in [2.45, 2.75) is 20.0 Å². The third-order valence-corrected chi connectivity index (χ3v) is 2.78. The van der Waals surface area contributed by atoms with Crippen molar-refractivity contribution in [3.8, 4) is 0 Å². The molecule has 2 amide bonds. The Hall–Kier alpha value is -2.83. The van der Waals surface area contributed by atoms with Gasteiger partial charge in [-0.2, -0.15) is 0 Å². The Morgan fingerprint density at radius 2 is 2.05 bits per heavy atom. The molecule has 0 fully saturated rings. The first-order valence-corrected chi connectivity index (χ1v) is 6.30. The number of pyridine rings is 1. The standard InChI is InChI=1S/C14H15N3O4/c1-9-12(13(18)19)6-11(21-9)8-17-14(20)16-7-10-4-2-3-5-15-10/h2-6H,7-8H2,1H3,(H,18,19)(H2,16,17,20). The van der Waals surface area contributed by atoms with Crippen molar-refractivity contribution in [3.05, 3.63) is 53.2 Å². The molecular weight excluding hydrogens is 274 g/mol. The average Bonchev–Trinajstić information content (AvgIpc) is 2.85. The molecular formula is C14H15N3O4. The predicted octanol–water partition coefficient (Wildman–Crippen LogP) is 1.68. The monoisotopic (exact) mass is 289 g/mol. The van der Waals surface area contributed by atoms with Gasteiger partial charge in [-0.05, 0) is 25.1 Å². The van der Waals surface area contributed by atoms with E-state index in [1.165, 1.54) is 6.07 Å². The molecule has 2 aromatic rings. The number of carboxylic acids is 1. The van der Waals surface area contributed by atoms with Crippen LogP contribution >= 0.6 is 0 Å². The minimum atomic E-state index is -1.05. The third-order valence-electron chi connectivity index (χ3n) is 2.78. The largest absolute Gasteiger partial charge is 0.478 e. The molecule has 0 atom stereocenters. The van der Waals surface area contributed by atoms with Gasteiger partial charge in [0.25, 0.3) is 0 Å². The number of nitrogens with zero attached hydrogens (tertiary/aromatic N) is 1. The maximum Gasteiger partial charge on any atom is 0.339 e. The Morgan fingerprint density at radius 1 is 1.29 bits per heavy atom. The molecule has 0 aliphatic carbocycles. The van der Waals surface area contributed by atoms with Crippen molar-refractivity contribution in [3.63, 3.8) is 0 Å². The summed E-state index contributed by atoms with van der Waals surface area (Å²) >= 11 is 0. The molecule has 110 valence electrons. The number of aromatic nitrogens is 1. The maximum atomic E-state index is 11.6. The minimum absolute atomic E-state index is 0.0979. The average molecular weight is 289 g/mol. The fourth-order valence-electron chi connectivity index (χ4n) is 1.75. The molecule has 2 aromatic heterocycles. The van der Waals surface area contributed by atoms with Crippen LogP contribution in [0.5, 0.6) is 0 Å². The lowest BCUT2D eigenvalue weighted by molar-refractivity contribution is 0.0695. The van der Waals surface area contributed by atoms with Gasteiger partial charge in [0.2, 0.25) is 0 Å². The van der Waals surface area contributed by atoms with Crippen molar-refractivity contribution in [1.82, 2.24) is 15.6 Å². The van der Waals surface area contributed by atoms with E-state index in [1.54, 1.807) is 25.3 Å². The first-order valence-electron chi connectivity index (χ1n) is 6.30. The van der Waals surface area contributed by atoms with Gasteiger partial charge in [-0.3, -0.25) is 4.98 Å². The highest BCUT2D eigenvalue weighted by atomic mass is 16.4. The molecule has 2 rings (SSSR count). The van der Waals surface area contributed by atoms with Crippen LogP contribution in [0.1, 0.15) is 27.6 Å². The van der Waals surface area contributed by atoms with Crippen molar-refractivity contribution in [1.29, 1.82) is 0 Å². The highest BCUT2D eigenvalue weighted by molar-refractivity contribution is 5.88. The molecule has 0 aliphatic rings. The smallest absolute Gasteiger partial charge is 0.339 e. The molecule has 21 heavy (non-hydrogen) atoms. The molecule has 0 saturated heterocycles. The normalized spacial score (nSPS) is 10.1. The lowest BCUT2D eigenvalue weighted by Crippen LogP contribution is -2.34. The van der Waals surface area contributed by atoms with E-state index in [-0.39, 0.29) is 18.1 Å². The quantitative estimate of drug-likeness (QED) is 0.776. The van der Waals surface area contributed by atoms with E-state index < -0.39 is 5.97 Å². The number of aromatic carboxylic acids is 1. The number of hydrogen-bond acceptors (Lipinski definition) is 4. The lowest BCUT2D eigenvalue weighted by atomic mass is 10.2. The summed E-state index contributed by atoms with van der Waals surface area (Å²) in [6.45, 7) is 1.99. The van der Waals surface area contributed by atoms with Gasteiger partial charge in [0, 0.05) is 6.20 Å². The molecule has 0 radical (unpaired) electrons. The summed E-state index contributed by atoms with van der Waals surface area (Å²) in [6.07, 6.45) is 1.65. The van der Waals surface area contributed by atoms with E-state index in [0.717, 1.165) is 5.69 Å². The number of amides is 2. The summed E-state index contributed by atoms with van der Waals surface area (Å²) < 4.78 is 5.25. The molecule has 0 bridgehead atoms. The first-order chi connectivity index (χ1) is 10.1. The molecule has 7 heteroatoms. The molecule has 7 nitrogen and oxygen atoms in total. The minimum Gasteiger partial charge on any atom is -0.478 e. The van der Waals surface area contributed by atoms with Crippen LogP contribution in [0.15, 0.2) is 34.9 Å². The van der Waals surface area contributed by atoms with E-state index in [0.29, 0.717) is 18.1 Å². The highest BCUT2D eigenvalue weighted by Crippen LogP contribution is 2.14. The molecule has 3 N–H and O–H groups in total. The van der Waals surface area contributed by atoms with Crippen LogP contribution in [0.3, 0.4) is 0 Å². The summed E-state index contributed by atoms with van der Waals surface area (Å²) in [5.74, 6) is -0.354. The molecule has 0 aliphatic heterocycles. The highest BCUT2D eigenvalue weighted by Gasteiger charge is 2.13. The Kier molecular flexibility index (Phi) is 4.55. The SMILES string of the molecule is Cc1oc(CNC(=O)NCc2ccccn2)cc1C(=O)O. The first kappa shape index (κ1) is 14.6. The summed E-state index contributed by atoms with van der Waals surface area (Å²) in [6, 6.07) is 6.45. The summed E-state index contributed by atoms with van der Waals surface area (Å²) in [4.78, 5) is 26.6. The summed E-state index contributed by atoms with van der Waals surface area (Å²) in [5, 5.41) is 14.1. The molecule has 0 spiro atoms. The number of furan rings is 1. The Morgan fingerprint density at radius 3 is 2.67 bits per heavy atom. The molecule has 2 heterocycles. The number of nitrogens with one attached hydrogen (secondary N) is 2. The second-order valence-corrected chi connectivity index (χ2v) is 4.35. The van der Waals surface area contributed by atoms with E-state index in [2.05, 4.69) is 15.6 Å². The van der Waals surface area contributed by atoms with Gasteiger partial charge in [0.1, 0.15) is 17.1 Å². The van der Waals surface area contributed by atoms with Crippen LogP contribution in [-0.4, -0.2) is 22.1 Å². The van der Waals surface area contributed by atoms with Crippen LogP contribution in [0.4, 0.5) is 4.79 Å². The van der Waals surface area contributed by atoms with Gasteiger partial charge in [0.05, 0.1) is 18.8 Å². The van der Waals surface area contributed by atoms with E-state index in [9.17, 15) is 9.59 Å². The number of rotatable bonds is 5. The number of carbonyl (C=O) groups is 2. The number of urea groups is 1. The maximum absolute atomic E-state index is 11.6. The summed E-state index contributed by atoms with van der Waals surface area (Å²) in [5.41, 5.74) is 0.843. The van der Waals surface area contributed by atoms with Crippen LogP contribution in [0, 0.1) is 6.92 Å². The Balaban J connectivity index is 1.81. The predicted molar refractivity (Wildman–Crippen MR) is 73.7 cm³/mol. The van der Waals surface area contributed by atoms with Crippen LogP contribution in [0.25, 0.3) is 0 Å². The van der Waals surface area contributed by atoms with Gasteiger partial charge >= 0.3 is 12.0 Å². The zero-order valence-corrected chi connectivity index (χ0v) is 11.4. The second kappa shape index (κ2) is 6.56. The van der Waals surface area contributed by atoms with Crippen molar-refractivity contribution in [2.24, 2.45) is 0 Å². The van der Waals surface area contributed by atoms with E-state index >= 15 is 0 Å². The van der Waals surface area contributed by atoms with Gasteiger partial charge < -0.3 is 20.2 Å². The third kappa shape index (κ3) is 4.07. The van der Waals surface area contributed by atoms with Crippen LogP contribution in [0.2, 0.25) is 0 Å². The number of carbonyl (C=O) groups excluding carboxylic acids is 1. The number of aryl methyl sites for hydroxylation is 1. The van der Waals surface area contributed by atoms with Gasteiger partial charge in [-0.15, -0.1) is 0 Å². The number of carboxylic acid groups (broad SMARTS) is 1. The van der Waals surface area contributed by atoms with E-state index in [1.807, 2.05) is 6.07 Å². The zero-order valence-electron chi connectivity index (χ0n) is 11.4. The fourth-order valence-corrected chi connectivity index (χ4v) is 1.75. The van der Waals surface area contributed by atoms with Gasteiger partial charge in [-0.25, -0.2) is 9.59 Å². The number of hydrogen-bond donors (Lipinski definition) is 3. The topological polar surface area (TPSA) is 104 Å². The van der Waals surface area contributed by atoms with Crippen LogP contribution in [-0.2, 0) is 13.1 Å². The van der Waals surface area contributed by atoms with Gasteiger partial charge in [-0.1, -0.05) is 6.07 Å². The Bertz CT molecular complexity index is 637. The Labute approximate surface area is 121 Å². The molecule has 0 unspecified atom stereocenters. The van der Waals surface area contributed by atoms with Crippen molar-refractivity contribution < 1.29 is 19.1 Å².